The quantitative estimate of drug-likeness (QED) is 0.709. The SMILES string of the molecule is C=CCC(=O)Nc1ccc(F)cc1. The summed E-state index contributed by atoms with van der Waals surface area (Å²) in [5, 5.41) is 2.59. The molecule has 1 rings (SSSR count). The van der Waals surface area contributed by atoms with Crippen molar-refractivity contribution in [1.82, 2.24) is 0 Å². The summed E-state index contributed by atoms with van der Waals surface area (Å²) in [5.74, 6) is -0.469. The zero-order valence-electron chi connectivity index (χ0n) is 7.09. The summed E-state index contributed by atoms with van der Waals surface area (Å²) in [6.45, 7) is 3.44. The number of nitrogens with one attached hydrogen (secondary N) is 1. The number of anilines is 1. The Kier molecular flexibility index (Phi) is 3.20. The minimum Gasteiger partial charge on any atom is -0.326 e. The first-order chi connectivity index (χ1) is 6.22. The van der Waals surface area contributed by atoms with Gasteiger partial charge in [-0.2, -0.15) is 0 Å². The van der Waals surface area contributed by atoms with Crippen molar-refractivity contribution in [2.75, 3.05) is 5.32 Å². The molecule has 0 radical (unpaired) electrons. The summed E-state index contributed by atoms with van der Waals surface area (Å²) in [4.78, 5) is 11.0. The minimum atomic E-state index is -0.318. The van der Waals surface area contributed by atoms with Gasteiger partial charge in [0.15, 0.2) is 0 Å². The molecule has 0 saturated carbocycles. The molecule has 0 saturated heterocycles. The summed E-state index contributed by atoms with van der Waals surface area (Å²) < 4.78 is 12.4. The van der Waals surface area contributed by atoms with Gasteiger partial charge in [0.2, 0.25) is 5.91 Å². The first kappa shape index (κ1) is 9.45. The lowest BCUT2D eigenvalue weighted by Crippen LogP contribution is -2.09. The Balaban J connectivity index is 2.59. The van der Waals surface area contributed by atoms with Gasteiger partial charge in [0.1, 0.15) is 5.82 Å². The van der Waals surface area contributed by atoms with E-state index >= 15 is 0 Å². The summed E-state index contributed by atoms with van der Waals surface area (Å²) >= 11 is 0. The molecule has 3 heteroatoms. The maximum absolute atomic E-state index is 12.4. The van der Waals surface area contributed by atoms with Gasteiger partial charge in [0.05, 0.1) is 0 Å². The Morgan fingerprint density at radius 3 is 2.62 bits per heavy atom. The topological polar surface area (TPSA) is 29.1 Å². The van der Waals surface area contributed by atoms with Gasteiger partial charge in [0.25, 0.3) is 0 Å². The van der Waals surface area contributed by atoms with Crippen molar-refractivity contribution in [3.05, 3.63) is 42.7 Å². The fourth-order valence-electron chi connectivity index (χ4n) is 0.876. The van der Waals surface area contributed by atoms with Crippen molar-refractivity contribution in [3.63, 3.8) is 0 Å². The maximum atomic E-state index is 12.4. The Hall–Kier alpha value is -1.64. The van der Waals surface area contributed by atoms with Crippen LogP contribution in [0.4, 0.5) is 10.1 Å². The molecule has 0 fully saturated rings. The second kappa shape index (κ2) is 4.40. The molecule has 0 aliphatic carbocycles. The summed E-state index contributed by atoms with van der Waals surface area (Å²) in [5.41, 5.74) is 0.591. The maximum Gasteiger partial charge on any atom is 0.228 e. The average Bonchev–Trinajstić information content (AvgIpc) is 2.09. The number of benzene rings is 1. The summed E-state index contributed by atoms with van der Waals surface area (Å²) in [6.07, 6.45) is 1.77. The van der Waals surface area contributed by atoms with Crippen LogP contribution in [0, 0.1) is 5.82 Å². The molecule has 0 aliphatic heterocycles. The number of amides is 1. The highest BCUT2D eigenvalue weighted by Crippen LogP contribution is 2.08. The van der Waals surface area contributed by atoms with Gasteiger partial charge in [-0.25, -0.2) is 4.39 Å². The minimum absolute atomic E-state index is 0.151. The van der Waals surface area contributed by atoms with Crippen LogP contribution in [-0.4, -0.2) is 5.91 Å². The van der Waals surface area contributed by atoms with E-state index in [-0.39, 0.29) is 18.1 Å². The second-order valence-corrected chi connectivity index (χ2v) is 2.55. The molecule has 2 nitrogen and oxygen atoms in total. The fourth-order valence-corrected chi connectivity index (χ4v) is 0.876. The van der Waals surface area contributed by atoms with Crippen LogP contribution >= 0.6 is 0 Å². The number of carbonyl (C=O) groups excluding carboxylic acids is 1. The second-order valence-electron chi connectivity index (χ2n) is 2.55. The van der Waals surface area contributed by atoms with Crippen LogP contribution in [0.25, 0.3) is 0 Å². The van der Waals surface area contributed by atoms with Gasteiger partial charge in [-0.3, -0.25) is 4.79 Å². The monoisotopic (exact) mass is 179 g/mol. The molecule has 0 spiro atoms. The van der Waals surface area contributed by atoms with E-state index in [1.165, 1.54) is 30.3 Å². The fraction of sp³-hybridized carbons (Fsp3) is 0.100. The highest BCUT2D eigenvalue weighted by Gasteiger charge is 1.98. The van der Waals surface area contributed by atoms with Crippen molar-refractivity contribution in [1.29, 1.82) is 0 Å². The highest BCUT2D eigenvalue weighted by molar-refractivity contribution is 5.91. The Morgan fingerprint density at radius 1 is 1.46 bits per heavy atom. The predicted molar refractivity (Wildman–Crippen MR) is 49.8 cm³/mol. The van der Waals surface area contributed by atoms with Crippen LogP contribution in [0.5, 0.6) is 0 Å². The standard InChI is InChI=1S/C10H10FNO/c1-2-3-10(13)12-9-6-4-8(11)5-7-9/h2,4-7H,1,3H2,(H,12,13). The van der Waals surface area contributed by atoms with Crippen molar-refractivity contribution in [2.45, 2.75) is 6.42 Å². The number of hydrogen-bond acceptors (Lipinski definition) is 1. The van der Waals surface area contributed by atoms with E-state index in [1.54, 1.807) is 0 Å². The summed E-state index contributed by atoms with van der Waals surface area (Å²) in [7, 11) is 0. The van der Waals surface area contributed by atoms with Crippen molar-refractivity contribution in [2.24, 2.45) is 0 Å². The van der Waals surface area contributed by atoms with E-state index in [0.717, 1.165) is 0 Å². The van der Waals surface area contributed by atoms with E-state index in [4.69, 9.17) is 0 Å². The normalized spacial score (nSPS) is 9.31. The Labute approximate surface area is 76.1 Å². The first-order valence-corrected chi connectivity index (χ1v) is 3.88. The zero-order chi connectivity index (χ0) is 9.68. The molecular weight excluding hydrogens is 169 g/mol. The van der Waals surface area contributed by atoms with Gasteiger partial charge in [0, 0.05) is 12.1 Å². The van der Waals surface area contributed by atoms with E-state index in [1.807, 2.05) is 0 Å². The molecule has 0 atom stereocenters. The molecule has 13 heavy (non-hydrogen) atoms. The molecule has 0 heterocycles. The third kappa shape index (κ3) is 3.07. The number of rotatable bonds is 3. The molecule has 1 amide bonds. The molecule has 0 aliphatic rings. The van der Waals surface area contributed by atoms with Gasteiger partial charge in [-0.15, -0.1) is 6.58 Å². The van der Waals surface area contributed by atoms with Crippen molar-refractivity contribution in [3.8, 4) is 0 Å². The summed E-state index contributed by atoms with van der Waals surface area (Å²) in [6, 6.07) is 5.61. The smallest absolute Gasteiger partial charge is 0.228 e. The van der Waals surface area contributed by atoms with Crippen LogP contribution in [0.1, 0.15) is 6.42 Å². The van der Waals surface area contributed by atoms with E-state index in [9.17, 15) is 9.18 Å². The van der Waals surface area contributed by atoms with Crippen molar-refractivity contribution < 1.29 is 9.18 Å². The Bertz CT molecular complexity index is 305. The third-order valence-electron chi connectivity index (χ3n) is 1.46. The third-order valence-corrected chi connectivity index (χ3v) is 1.46. The van der Waals surface area contributed by atoms with Crippen LogP contribution in [0.3, 0.4) is 0 Å². The first-order valence-electron chi connectivity index (χ1n) is 3.88. The molecule has 0 aromatic heterocycles. The van der Waals surface area contributed by atoms with Crippen LogP contribution in [0.15, 0.2) is 36.9 Å². The van der Waals surface area contributed by atoms with E-state index in [2.05, 4.69) is 11.9 Å². The molecule has 0 bridgehead atoms. The van der Waals surface area contributed by atoms with Gasteiger partial charge in [-0.1, -0.05) is 6.08 Å². The largest absolute Gasteiger partial charge is 0.326 e. The molecule has 1 N–H and O–H groups in total. The van der Waals surface area contributed by atoms with Gasteiger partial charge < -0.3 is 5.32 Å². The molecule has 1 aromatic carbocycles. The van der Waals surface area contributed by atoms with Crippen LogP contribution in [-0.2, 0) is 4.79 Å². The zero-order valence-corrected chi connectivity index (χ0v) is 7.09. The molecule has 68 valence electrons. The number of halogens is 1. The predicted octanol–water partition coefficient (Wildman–Crippen LogP) is 2.34. The Morgan fingerprint density at radius 2 is 2.08 bits per heavy atom. The van der Waals surface area contributed by atoms with Gasteiger partial charge in [-0.05, 0) is 24.3 Å². The molecule has 1 aromatic rings. The van der Waals surface area contributed by atoms with Crippen LogP contribution in [0.2, 0.25) is 0 Å². The molecular formula is C10H10FNO. The van der Waals surface area contributed by atoms with Crippen LogP contribution < -0.4 is 5.32 Å². The lowest BCUT2D eigenvalue weighted by Gasteiger charge is -2.01. The highest BCUT2D eigenvalue weighted by atomic mass is 19.1. The van der Waals surface area contributed by atoms with Gasteiger partial charge >= 0.3 is 0 Å². The lowest BCUT2D eigenvalue weighted by atomic mass is 10.3. The lowest BCUT2D eigenvalue weighted by molar-refractivity contribution is -0.115. The number of carbonyl (C=O) groups is 1. The van der Waals surface area contributed by atoms with E-state index in [0.29, 0.717) is 5.69 Å². The van der Waals surface area contributed by atoms with E-state index < -0.39 is 0 Å². The average molecular weight is 179 g/mol. The molecule has 0 unspecified atom stereocenters. The number of hydrogen-bond donors (Lipinski definition) is 1. The van der Waals surface area contributed by atoms with Crippen molar-refractivity contribution >= 4 is 11.6 Å².